The van der Waals surface area contributed by atoms with Crippen molar-refractivity contribution >= 4 is 27.7 Å². The Labute approximate surface area is 212 Å². The molecular formula is C25H25F2N3O4S2. The summed E-state index contributed by atoms with van der Waals surface area (Å²) < 4.78 is 60.6. The summed E-state index contributed by atoms with van der Waals surface area (Å²) in [5.41, 5.74) is -0.0244. The first kappa shape index (κ1) is 26.1. The summed E-state index contributed by atoms with van der Waals surface area (Å²) in [6.45, 7) is 0. The van der Waals surface area contributed by atoms with E-state index in [1.165, 1.54) is 23.9 Å². The monoisotopic (exact) mass is 533 g/mol. The van der Waals surface area contributed by atoms with Crippen molar-refractivity contribution in [2.45, 2.75) is 47.6 Å². The summed E-state index contributed by atoms with van der Waals surface area (Å²) >= 11 is 1.53. The SMILES string of the molecule is CSc1cccc(Oc2ncc(F)cc2C(=O)NC2CCC(NS(=O)(=O)c3ccc(F)cc3)CC2)c1. The minimum absolute atomic E-state index is 0.00599. The predicted octanol–water partition coefficient (Wildman–Crippen LogP) is 4.89. The number of nitrogens with zero attached hydrogens (tertiary/aromatic N) is 1. The summed E-state index contributed by atoms with van der Waals surface area (Å²) in [5, 5.41) is 2.88. The van der Waals surface area contributed by atoms with Gasteiger partial charge in [0.05, 0.1) is 11.1 Å². The van der Waals surface area contributed by atoms with E-state index in [1.807, 2.05) is 18.4 Å². The summed E-state index contributed by atoms with van der Waals surface area (Å²) in [4.78, 5) is 17.9. The molecule has 4 rings (SSSR count). The molecule has 0 atom stereocenters. The number of sulfonamides is 1. The van der Waals surface area contributed by atoms with Crippen molar-refractivity contribution < 1.29 is 26.7 Å². The molecule has 1 heterocycles. The second-order valence-corrected chi connectivity index (χ2v) is 11.0. The van der Waals surface area contributed by atoms with E-state index < -0.39 is 27.6 Å². The van der Waals surface area contributed by atoms with Crippen molar-refractivity contribution in [1.29, 1.82) is 0 Å². The number of benzene rings is 2. The largest absolute Gasteiger partial charge is 0.438 e. The fourth-order valence-corrected chi connectivity index (χ4v) is 5.72. The van der Waals surface area contributed by atoms with Crippen LogP contribution < -0.4 is 14.8 Å². The van der Waals surface area contributed by atoms with Gasteiger partial charge in [0.15, 0.2) is 0 Å². The normalized spacial score (nSPS) is 18.0. The Morgan fingerprint density at radius 1 is 1.00 bits per heavy atom. The Kier molecular flexibility index (Phi) is 8.22. The highest BCUT2D eigenvalue weighted by Crippen LogP contribution is 2.28. The molecule has 1 aliphatic rings. The highest BCUT2D eigenvalue weighted by atomic mass is 32.2. The minimum Gasteiger partial charge on any atom is -0.438 e. The number of hydrogen-bond donors (Lipinski definition) is 2. The molecule has 1 amide bonds. The predicted molar refractivity (Wildman–Crippen MR) is 133 cm³/mol. The Hall–Kier alpha value is -3.02. The summed E-state index contributed by atoms with van der Waals surface area (Å²) in [5.74, 6) is -1.23. The van der Waals surface area contributed by atoms with E-state index in [1.54, 1.807) is 12.1 Å². The molecule has 0 unspecified atom stereocenters. The number of carbonyl (C=O) groups excluding carboxylic acids is 1. The number of pyridine rings is 1. The standard InChI is InChI=1S/C25H25F2N3O4S2/c1-35-21-4-2-3-20(14-21)34-25-23(13-17(27)15-28-25)24(31)29-18-7-9-19(10-8-18)30-36(32,33)22-11-5-16(26)6-12-22/h2-6,11-15,18-19,30H,7-10H2,1H3,(H,29,31). The van der Waals surface area contributed by atoms with Crippen molar-refractivity contribution in [3.63, 3.8) is 0 Å². The van der Waals surface area contributed by atoms with Gasteiger partial charge in [0, 0.05) is 17.0 Å². The van der Waals surface area contributed by atoms with Crippen LogP contribution in [0.25, 0.3) is 0 Å². The van der Waals surface area contributed by atoms with Gasteiger partial charge < -0.3 is 10.1 Å². The molecule has 36 heavy (non-hydrogen) atoms. The van der Waals surface area contributed by atoms with Gasteiger partial charge >= 0.3 is 0 Å². The molecule has 1 saturated carbocycles. The number of carbonyl (C=O) groups is 1. The molecule has 1 aliphatic carbocycles. The van der Waals surface area contributed by atoms with Crippen molar-refractivity contribution in [1.82, 2.24) is 15.0 Å². The van der Waals surface area contributed by atoms with Crippen LogP contribution in [0.3, 0.4) is 0 Å². The Morgan fingerprint density at radius 3 is 2.39 bits per heavy atom. The number of thioether (sulfide) groups is 1. The third kappa shape index (κ3) is 6.59. The Bertz CT molecular complexity index is 1330. The van der Waals surface area contributed by atoms with Gasteiger partial charge in [0.25, 0.3) is 5.91 Å². The van der Waals surface area contributed by atoms with Crippen LogP contribution in [0, 0.1) is 11.6 Å². The lowest BCUT2D eigenvalue weighted by Crippen LogP contribution is -2.43. The van der Waals surface area contributed by atoms with Crippen LogP contribution in [-0.4, -0.2) is 37.6 Å². The van der Waals surface area contributed by atoms with Crippen LogP contribution in [0.15, 0.2) is 70.6 Å². The molecule has 0 spiro atoms. The van der Waals surface area contributed by atoms with E-state index in [-0.39, 0.29) is 28.4 Å². The van der Waals surface area contributed by atoms with Crippen LogP contribution in [0.5, 0.6) is 11.6 Å². The second kappa shape index (κ2) is 11.4. The van der Waals surface area contributed by atoms with Crippen molar-refractivity contribution in [2.75, 3.05) is 6.26 Å². The fraction of sp³-hybridized carbons (Fsp3) is 0.280. The van der Waals surface area contributed by atoms with E-state index in [0.29, 0.717) is 31.4 Å². The van der Waals surface area contributed by atoms with Gasteiger partial charge in [-0.25, -0.2) is 26.9 Å². The number of rotatable bonds is 8. The summed E-state index contributed by atoms with van der Waals surface area (Å²) in [6, 6.07) is 12.4. The maximum absolute atomic E-state index is 13.9. The van der Waals surface area contributed by atoms with Crippen LogP contribution >= 0.6 is 11.8 Å². The highest BCUT2D eigenvalue weighted by molar-refractivity contribution is 7.98. The Balaban J connectivity index is 1.37. The zero-order chi connectivity index (χ0) is 25.7. The molecule has 0 bridgehead atoms. The first-order valence-corrected chi connectivity index (χ1v) is 14.0. The van der Waals surface area contributed by atoms with E-state index in [9.17, 15) is 22.0 Å². The smallest absolute Gasteiger partial charge is 0.257 e. The molecule has 190 valence electrons. The van der Waals surface area contributed by atoms with Gasteiger partial charge in [-0.1, -0.05) is 6.07 Å². The molecule has 0 saturated heterocycles. The van der Waals surface area contributed by atoms with Gasteiger partial charge in [0.1, 0.15) is 22.9 Å². The number of aromatic nitrogens is 1. The molecule has 11 heteroatoms. The second-order valence-electron chi connectivity index (χ2n) is 8.38. The summed E-state index contributed by atoms with van der Waals surface area (Å²) in [7, 11) is -3.78. The molecule has 3 aromatic rings. The van der Waals surface area contributed by atoms with Crippen LogP contribution in [-0.2, 0) is 10.0 Å². The topological polar surface area (TPSA) is 97.4 Å². The highest BCUT2D eigenvalue weighted by Gasteiger charge is 2.28. The number of ether oxygens (including phenoxy) is 1. The van der Waals surface area contributed by atoms with Gasteiger partial charge in [-0.15, -0.1) is 11.8 Å². The average molecular weight is 534 g/mol. The van der Waals surface area contributed by atoms with Crippen LogP contribution in [0.1, 0.15) is 36.0 Å². The average Bonchev–Trinajstić information content (AvgIpc) is 2.86. The zero-order valence-corrected chi connectivity index (χ0v) is 21.0. The first-order valence-electron chi connectivity index (χ1n) is 11.3. The molecule has 2 aromatic carbocycles. The van der Waals surface area contributed by atoms with Gasteiger partial charge in [0.2, 0.25) is 15.9 Å². The van der Waals surface area contributed by atoms with E-state index >= 15 is 0 Å². The molecule has 0 radical (unpaired) electrons. The minimum atomic E-state index is -3.78. The lowest BCUT2D eigenvalue weighted by molar-refractivity contribution is 0.0921. The van der Waals surface area contributed by atoms with Gasteiger partial charge in [-0.05, 0) is 80.5 Å². The van der Waals surface area contributed by atoms with E-state index in [0.717, 1.165) is 29.3 Å². The zero-order valence-electron chi connectivity index (χ0n) is 19.4. The third-order valence-electron chi connectivity index (χ3n) is 5.83. The lowest BCUT2D eigenvalue weighted by Gasteiger charge is -2.29. The fourth-order valence-electron chi connectivity index (χ4n) is 3.97. The lowest BCUT2D eigenvalue weighted by atomic mass is 9.91. The maximum Gasteiger partial charge on any atom is 0.257 e. The quantitative estimate of drug-likeness (QED) is 0.400. The summed E-state index contributed by atoms with van der Waals surface area (Å²) in [6.07, 6.45) is 4.96. The third-order valence-corrected chi connectivity index (χ3v) is 8.09. The van der Waals surface area contributed by atoms with Crippen molar-refractivity contribution in [3.8, 4) is 11.6 Å². The molecule has 1 fully saturated rings. The number of nitrogens with one attached hydrogen (secondary N) is 2. The number of halogens is 2. The number of amides is 1. The maximum atomic E-state index is 13.9. The van der Waals surface area contributed by atoms with Gasteiger partial charge in [-0.2, -0.15) is 0 Å². The van der Waals surface area contributed by atoms with Crippen molar-refractivity contribution in [3.05, 3.63) is 78.0 Å². The number of hydrogen-bond acceptors (Lipinski definition) is 6. The first-order chi connectivity index (χ1) is 17.2. The van der Waals surface area contributed by atoms with E-state index in [2.05, 4.69) is 15.0 Å². The molecular weight excluding hydrogens is 508 g/mol. The van der Waals surface area contributed by atoms with Crippen molar-refractivity contribution in [2.24, 2.45) is 0 Å². The van der Waals surface area contributed by atoms with Gasteiger partial charge in [-0.3, -0.25) is 4.79 Å². The van der Waals surface area contributed by atoms with Crippen LogP contribution in [0.2, 0.25) is 0 Å². The molecule has 1 aromatic heterocycles. The molecule has 0 aliphatic heterocycles. The Morgan fingerprint density at radius 2 is 1.69 bits per heavy atom. The van der Waals surface area contributed by atoms with Crippen LogP contribution in [0.4, 0.5) is 8.78 Å². The molecule has 2 N–H and O–H groups in total. The van der Waals surface area contributed by atoms with E-state index in [4.69, 9.17) is 4.74 Å². The molecule has 7 nitrogen and oxygen atoms in total.